The first-order chi connectivity index (χ1) is 10.1. The predicted octanol–water partition coefficient (Wildman–Crippen LogP) is 1.79. The van der Waals surface area contributed by atoms with E-state index in [2.05, 4.69) is 25.4 Å². The van der Waals surface area contributed by atoms with Crippen LogP contribution in [0.2, 0.25) is 0 Å². The lowest BCUT2D eigenvalue weighted by Gasteiger charge is -2.06. The molecule has 21 heavy (non-hydrogen) atoms. The van der Waals surface area contributed by atoms with Crippen molar-refractivity contribution in [3.8, 4) is 0 Å². The van der Waals surface area contributed by atoms with Crippen LogP contribution in [0.1, 0.15) is 11.3 Å². The van der Waals surface area contributed by atoms with Gasteiger partial charge >= 0.3 is 5.69 Å². The smallest absolute Gasteiger partial charge is 0.300 e. The Morgan fingerprint density at radius 2 is 2.14 bits per heavy atom. The zero-order valence-corrected chi connectivity index (χ0v) is 11.4. The summed E-state index contributed by atoms with van der Waals surface area (Å²) in [6.45, 7) is 2.49. The molecule has 9 heteroatoms. The number of nitrogens with zero attached hydrogens (tertiary/aromatic N) is 5. The molecule has 108 valence electrons. The van der Waals surface area contributed by atoms with Crippen LogP contribution in [0, 0.1) is 17.0 Å². The number of non-ortho nitro benzene ring substituents is 1. The highest BCUT2D eigenvalue weighted by Gasteiger charge is 2.19. The Hall–Kier alpha value is -2.97. The molecule has 2 aromatic heterocycles. The van der Waals surface area contributed by atoms with Gasteiger partial charge < -0.3 is 5.32 Å². The first-order valence-corrected chi connectivity index (χ1v) is 6.19. The zero-order valence-electron chi connectivity index (χ0n) is 11.4. The van der Waals surface area contributed by atoms with E-state index >= 15 is 0 Å². The molecule has 0 saturated carbocycles. The molecule has 0 saturated heterocycles. The molecular weight excluding hydrogens is 276 g/mol. The van der Waals surface area contributed by atoms with E-state index in [9.17, 15) is 10.1 Å². The van der Waals surface area contributed by atoms with Gasteiger partial charge in [0, 0.05) is 30.9 Å². The van der Waals surface area contributed by atoms with Gasteiger partial charge in [0.2, 0.25) is 5.52 Å². The SMILES string of the molecule is Cc1c(CNc2ccc([N+](=O)[O-])c3nonc23)cnn1C. The van der Waals surface area contributed by atoms with Crippen molar-refractivity contribution in [3.05, 3.63) is 39.7 Å². The Bertz CT molecular complexity index is 822. The van der Waals surface area contributed by atoms with Crippen molar-refractivity contribution in [1.29, 1.82) is 0 Å². The zero-order chi connectivity index (χ0) is 15.0. The summed E-state index contributed by atoms with van der Waals surface area (Å²) in [6.07, 6.45) is 1.77. The topological polar surface area (TPSA) is 112 Å². The van der Waals surface area contributed by atoms with E-state index in [0.29, 0.717) is 17.7 Å². The third kappa shape index (κ3) is 2.18. The molecule has 0 unspecified atom stereocenters. The fourth-order valence-corrected chi connectivity index (χ4v) is 2.05. The fourth-order valence-electron chi connectivity index (χ4n) is 2.05. The maximum atomic E-state index is 10.9. The molecule has 0 aliphatic carbocycles. The van der Waals surface area contributed by atoms with Crippen LogP contribution in [0.4, 0.5) is 11.4 Å². The maximum Gasteiger partial charge on any atom is 0.300 e. The molecule has 3 aromatic rings. The predicted molar refractivity (Wildman–Crippen MR) is 73.7 cm³/mol. The molecule has 0 spiro atoms. The summed E-state index contributed by atoms with van der Waals surface area (Å²) in [5, 5.41) is 25.6. The van der Waals surface area contributed by atoms with Crippen molar-refractivity contribution < 1.29 is 9.55 Å². The van der Waals surface area contributed by atoms with Gasteiger partial charge in [0.1, 0.15) is 0 Å². The van der Waals surface area contributed by atoms with Crippen LogP contribution in [0.25, 0.3) is 11.0 Å². The average molecular weight is 288 g/mol. The molecule has 0 aliphatic heterocycles. The molecule has 0 bridgehead atoms. The van der Waals surface area contributed by atoms with Crippen molar-refractivity contribution in [3.63, 3.8) is 0 Å². The normalized spacial score (nSPS) is 11.0. The molecule has 0 amide bonds. The van der Waals surface area contributed by atoms with Crippen molar-refractivity contribution in [2.24, 2.45) is 7.05 Å². The third-order valence-electron chi connectivity index (χ3n) is 3.40. The minimum Gasteiger partial charge on any atom is -0.379 e. The van der Waals surface area contributed by atoms with Gasteiger partial charge in [-0.05, 0) is 23.3 Å². The van der Waals surface area contributed by atoms with Crippen molar-refractivity contribution in [2.45, 2.75) is 13.5 Å². The number of rotatable bonds is 4. The van der Waals surface area contributed by atoms with Gasteiger partial charge in [-0.25, -0.2) is 4.63 Å². The molecule has 1 aromatic carbocycles. The number of nitro groups is 1. The van der Waals surface area contributed by atoms with Crippen LogP contribution < -0.4 is 5.32 Å². The molecule has 1 N–H and O–H groups in total. The monoisotopic (exact) mass is 288 g/mol. The quantitative estimate of drug-likeness (QED) is 0.575. The highest BCUT2D eigenvalue weighted by molar-refractivity contribution is 5.93. The number of benzene rings is 1. The number of nitrogens with one attached hydrogen (secondary N) is 1. The van der Waals surface area contributed by atoms with Crippen molar-refractivity contribution in [2.75, 3.05) is 5.32 Å². The highest BCUT2D eigenvalue weighted by Crippen LogP contribution is 2.29. The number of aryl methyl sites for hydroxylation is 1. The highest BCUT2D eigenvalue weighted by atomic mass is 16.6. The van der Waals surface area contributed by atoms with E-state index in [4.69, 9.17) is 0 Å². The fraction of sp³-hybridized carbons (Fsp3) is 0.250. The van der Waals surface area contributed by atoms with Crippen LogP contribution in [0.3, 0.4) is 0 Å². The van der Waals surface area contributed by atoms with Gasteiger partial charge in [-0.1, -0.05) is 0 Å². The second-order valence-electron chi connectivity index (χ2n) is 4.58. The Kier molecular flexibility index (Phi) is 3.01. The number of nitro benzene ring substituents is 1. The lowest BCUT2D eigenvalue weighted by molar-refractivity contribution is -0.383. The van der Waals surface area contributed by atoms with E-state index in [0.717, 1.165) is 11.3 Å². The summed E-state index contributed by atoms with van der Waals surface area (Å²) < 4.78 is 6.39. The number of hydrogen-bond acceptors (Lipinski definition) is 7. The first kappa shape index (κ1) is 13.0. The van der Waals surface area contributed by atoms with E-state index in [1.165, 1.54) is 6.07 Å². The van der Waals surface area contributed by atoms with Crippen LogP contribution in [-0.2, 0) is 13.6 Å². The standard InChI is InChI=1S/C12H12N6O3/c1-7-8(6-14-17(7)2)5-13-9-3-4-10(18(19)20)12-11(9)15-21-16-12/h3-4,6,13H,5H2,1-2H3. The summed E-state index contributed by atoms with van der Waals surface area (Å²) in [7, 11) is 1.87. The van der Waals surface area contributed by atoms with E-state index in [-0.39, 0.29) is 11.2 Å². The van der Waals surface area contributed by atoms with Crippen molar-refractivity contribution >= 4 is 22.4 Å². The number of hydrogen-bond donors (Lipinski definition) is 1. The summed E-state index contributed by atoms with van der Waals surface area (Å²) in [6, 6.07) is 2.97. The van der Waals surface area contributed by atoms with E-state index in [1.54, 1.807) is 16.9 Å². The van der Waals surface area contributed by atoms with Gasteiger partial charge in [-0.15, -0.1) is 0 Å². The number of aromatic nitrogens is 4. The van der Waals surface area contributed by atoms with Crippen LogP contribution >= 0.6 is 0 Å². The van der Waals surface area contributed by atoms with Crippen LogP contribution in [0.5, 0.6) is 0 Å². The summed E-state index contributed by atoms with van der Waals surface area (Å²) >= 11 is 0. The summed E-state index contributed by atoms with van der Waals surface area (Å²) in [4.78, 5) is 10.4. The van der Waals surface area contributed by atoms with Gasteiger partial charge in [-0.2, -0.15) is 5.10 Å². The lowest BCUT2D eigenvalue weighted by atomic mass is 10.2. The number of fused-ring (bicyclic) bond motifs is 1. The lowest BCUT2D eigenvalue weighted by Crippen LogP contribution is -2.02. The van der Waals surface area contributed by atoms with Crippen LogP contribution in [-0.4, -0.2) is 25.0 Å². The Morgan fingerprint density at radius 1 is 1.38 bits per heavy atom. The largest absolute Gasteiger partial charge is 0.379 e. The van der Waals surface area contributed by atoms with Crippen molar-refractivity contribution in [1.82, 2.24) is 20.1 Å². The molecular formula is C12H12N6O3. The second kappa shape index (κ2) is 4.85. The van der Waals surface area contributed by atoms with Crippen LogP contribution in [0.15, 0.2) is 23.0 Å². The van der Waals surface area contributed by atoms with Gasteiger partial charge in [0.05, 0.1) is 16.8 Å². The van der Waals surface area contributed by atoms with E-state index in [1.807, 2.05) is 14.0 Å². The Balaban J connectivity index is 1.91. The maximum absolute atomic E-state index is 10.9. The molecule has 3 rings (SSSR count). The molecule has 2 heterocycles. The van der Waals surface area contributed by atoms with Gasteiger partial charge in [0.25, 0.3) is 0 Å². The minimum absolute atomic E-state index is 0.130. The average Bonchev–Trinajstić information content (AvgIpc) is 3.05. The molecule has 0 fully saturated rings. The summed E-state index contributed by atoms with van der Waals surface area (Å²) in [5.74, 6) is 0. The second-order valence-corrected chi connectivity index (χ2v) is 4.58. The third-order valence-corrected chi connectivity index (χ3v) is 3.40. The molecule has 9 nitrogen and oxygen atoms in total. The Labute approximate surface area is 118 Å². The van der Waals surface area contributed by atoms with E-state index < -0.39 is 4.92 Å². The summed E-state index contributed by atoms with van der Waals surface area (Å²) in [5.41, 5.74) is 3.03. The van der Waals surface area contributed by atoms with Gasteiger partial charge in [-0.3, -0.25) is 14.8 Å². The first-order valence-electron chi connectivity index (χ1n) is 6.19. The Morgan fingerprint density at radius 3 is 2.81 bits per heavy atom. The van der Waals surface area contributed by atoms with Gasteiger partial charge in [0.15, 0.2) is 5.52 Å². The molecule has 0 atom stereocenters. The number of anilines is 1. The molecule has 0 radical (unpaired) electrons. The minimum atomic E-state index is -0.512. The molecule has 0 aliphatic rings.